The van der Waals surface area contributed by atoms with Crippen molar-refractivity contribution in [2.24, 2.45) is 16.3 Å². The predicted octanol–water partition coefficient (Wildman–Crippen LogP) is 6.90. The van der Waals surface area contributed by atoms with Crippen molar-refractivity contribution in [3.05, 3.63) is 82.2 Å². The molecule has 2 aromatic carbocycles. The topological polar surface area (TPSA) is 41.5 Å². The number of rotatable bonds is 4. The number of carbonyl (C=O) groups is 1. The van der Waals surface area contributed by atoms with Crippen molar-refractivity contribution in [2.45, 2.75) is 40.0 Å². The number of aliphatic imine (C=N–C) groups is 1. The van der Waals surface area contributed by atoms with Crippen LogP contribution in [0.25, 0.3) is 0 Å². The summed E-state index contributed by atoms with van der Waals surface area (Å²) in [5.74, 6) is 0.563. The molecule has 30 heavy (non-hydrogen) atoms. The highest BCUT2D eigenvalue weighted by atomic mass is 32.1. The fraction of sp³-hybridized carbons (Fsp3) is 0.308. The summed E-state index contributed by atoms with van der Waals surface area (Å²) in [6.07, 6.45) is 4.93. The van der Waals surface area contributed by atoms with Crippen LogP contribution in [0.5, 0.6) is 0 Å². The molecule has 4 heteroatoms. The standard InChI is InChI=1S/C26H28N2OS/c1-26(2,3)19-14-15-21-22(16-19)30-25(27-17-18-10-6-4-7-11-18)23(21)24(29)28-20-12-8-5-9-13-20/h4-13,17,19H,14-16H2,1-3H3,(H,28,29)/t19-/m0/s1. The van der Waals surface area contributed by atoms with Crippen molar-refractivity contribution in [3.63, 3.8) is 0 Å². The van der Waals surface area contributed by atoms with E-state index in [4.69, 9.17) is 4.99 Å². The normalized spacial score (nSPS) is 16.4. The molecule has 1 aliphatic rings. The fourth-order valence-electron chi connectivity index (χ4n) is 4.02. The Hall–Kier alpha value is -2.72. The second kappa shape index (κ2) is 8.57. The Morgan fingerprint density at radius 2 is 1.73 bits per heavy atom. The molecular formula is C26H28N2OS. The zero-order valence-electron chi connectivity index (χ0n) is 17.8. The highest BCUT2D eigenvalue weighted by molar-refractivity contribution is 7.16. The summed E-state index contributed by atoms with van der Waals surface area (Å²) in [5, 5.41) is 3.88. The number of amides is 1. The minimum absolute atomic E-state index is 0.0619. The van der Waals surface area contributed by atoms with E-state index >= 15 is 0 Å². The first-order valence-electron chi connectivity index (χ1n) is 10.5. The van der Waals surface area contributed by atoms with Crippen LogP contribution in [0.15, 0.2) is 65.7 Å². The van der Waals surface area contributed by atoms with Gasteiger partial charge in [0, 0.05) is 16.8 Å². The molecule has 1 heterocycles. The molecule has 0 radical (unpaired) electrons. The first kappa shape index (κ1) is 20.5. The first-order valence-corrected chi connectivity index (χ1v) is 11.3. The second-order valence-corrected chi connectivity index (χ2v) is 10.1. The molecule has 1 N–H and O–H groups in total. The van der Waals surface area contributed by atoms with Gasteiger partial charge in [0.1, 0.15) is 5.00 Å². The minimum Gasteiger partial charge on any atom is -0.322 e. The maximum atomic E-state index is 13.3. The van der Waals surface area contributed by atoms with Crippen molar-refractivity contribution in [1.29, 1.82) is 0 Å². The number of benzene rings is 2. The Bertz CT molecular complexity index is 1050. The van der Waals surface area contributed by atoms with Gasteiger partial charge in [-0.25, -0.2) is 4.99 Å². The van der Waals surface area contributed by atoms with E-state index < -0.39 is 0 Å². The SMILES string of the molecule is CC(C)(C)[C@H]1CCc2c(sc(N=Cc3ccccc3)c2C(=O)Nc2ccccc2)C1. The van der Waals surface area contributed by atoms with E-state index in [0.717, 1.165) is 41.1 Å². The van der Waals surface area contributed by atoms with Crippen molar-refractivity contribution in [1.82, 2.24) is 0 Å². The number of hydrogen-bond acceptors (Lipinski definition) is 3. The molecule has 3 aromatic rings. The molecule has 1 amide bonds. The first-order chi connectivity index (χ1) is 14.4. The third kappa shape index (κ3) is 4.54. The average Bonchev–Trinajstić information content (AvgIpc) is 3.11. The van der Waals surface area contributed by atoms with Gasteiger partial charge in [0.2, 0.25) is 0 Å². The molecule has 0 saturated heterocycles. The van der Waals surface area contributed by atoms with Gasteiger partial charge in [-0.15, -0.1) is 11.3 Å². The molecule has 3 nitrogen and oxygen atoms in total. The number of hydrogen-bond donors (Lipinski definition) is 1. The third-order valence-electron chi connectivity index (χ3n) is 5.86. The van der Waals surface area contributed by atoms with Crippen LogP contribution in [-0.4, -0.2) is 12.1 Å². The molecule has 1 aromatic heterocycles. The number of anilines is 1. The van der Waals surface area contributed by atoms with Gasteiger partial charge < -0.3 is 5.32 Å². The Kier molecular flexibility index (Phi) is 5.87. The van der Waals surface area contributed by atoms with Crippen LogP contribution in [0.4, 0.5) is 10.7 Å². The minimum atomic E-state index is -0.0619. The van der Waals surface area contributed by atoms with E-state index in [2.05, 4.69) is 26.1 Å². The molecule has 0 unspecified atom stereocenters. The van der Waals surface area contributed by atoms with Gasteiger partial charge in [-0.1, -0.05) is 69.3 Å². The lowest BCUT2D eigenvalue weighted by Gasteiger charge is -2.33. The Balaban J connectivity index is 1.70. The molecule has 0 saturated carbocycles. The van der Waals surface area contributed by atoms with Crippen LogP contribution in [-0.2, 0) is 12.8 Å². The Labute approximate surface area is 182 Å². The van der Waals surface area contributed by atoms with Gasteiger partial charge in [-0.3, -0.25) is 4.79 Å². The number of nitrogens with one attached hydrogen (secondary N) is 1. The Morgan fingerprint density at radius 1 is 1.07 bits per heavy atom. The van der Waals surface area contributed by atoms with Gasteiger partial charge in [-0.05, 0) is 53.9 Å². The summed E-state index contributed by atoms with van der Waals surface area (Å²) in [7, 11) is 0. The largest absolute Gasteiger partial charge is 0.322 e. The number of thiophene rings is 1. The predicted molar refractivity (Wildman–Crippen MR) is 127 cm³/mol. The maximum Gasteiger partial charge on any atom is 0.259 e. The van der Waals surface area contributed by atoms with Crippen LogP contribution >= 0.6 is 11.3 Å². The molecule has 1 aliphatic carbocycles. The van der Waals surface area contributed by atoms with E-state index in [1.807, 2.05) is 66.9 Å². The van der Waals surface area contributed by atoms with Crippen LogP contribution in [0.2, 0.25) is 0 Å². The summed E-state index contributed by atoms with van der Waals surface area (Å²) < 4.78 is 0. The molecule has 0 fully saturated rings. The number of para-hydroxylation sites is 1. The van der Waals surface area contributed by atoms with E-state index in [-0.39, 0.29) is 11.3 Å². The number of carbonyl (C=O) groups excluding carboxylic acids is 1. The molecule has 1 atom stereocenters. The van der Waals surface area contributed by atoms with Crippen molar-refractivity contribution in [2.75, 3.05) is 5.32 Å². The monoisotopic (exact) mass is 416 g/mol. The highest BCUT2D eigenvalue weighted by Gasteiger charge is 2.33. The lowest BCUT2D eigenvalue weighted by molar-refractivity contribution is 0.102. The smallest absolute Gasteiger partial charge is 0.259 e. The van der Waals surface area contributed by atoms with Crippen molar-refractivity contribution in [3.8, 4) is 0 Å². The quantitative estimate of drug-likeness (QED) is 0.462. The van der Waals surface area contributed by atoms with Crippen molar-refractivity contribution < 1.29 is 4.79 Å². The lowest BCUT2D eigenvalue weighted by atomic mass is 9.72. The lowest BCUT2D eigenvalue weighted by Crippen LogP contribution is -2.27. The molecule has 0 spiro atoms. The van der Waals surface area contributed by atoms with Gasteiger partial charge in [0.15, 0.2) is 0 Å². The van der Waals surface area contributed by atoms with E-state index in [9.17, 15) is 4.79 Å². The van der Waals surface area contributed by atoms with Gasteiger partial charge in [-0.2, -0.15) is 0 Å². The zero-order valence-corrected chi connectivity index (χ0v) is 18.6. The summed E-state index contributed by atoms with van der Waals surface area (Å²) in [6.45, 7) is 6.94. The van der Waals surface area contributed by atoms with Gasteiger partial charge >= 0.3 is 0 Å². The summed E-state index contributed by atoms with van der Waals surface area (Å²) in [6, 6.07) is 19.7. The summed E-state index contributed by atoms with van der Waals surface area (Å²) in [4.78, 5) is 19.4. The average molecular weight is 417 g/mol. The van der Waals surface area contributed by atoms with Crippen LogP contribution in [0, 0.1) is 11.3 Å². The molecule has 4 rings (SSSR count). The van der Waals surface area contributed by atoms with E-state index in [0.29, 0.717) is 5.92 Å². The zero-order chi connectivity index (χ0) is 21.1. The molecule has 0 bridgehead atoms. The van der Waals surface area contributed by atoms with Crippen LogP contribution in [0.1, 0.15) is 53.6 Å². The summed E-state index contributed by atoms with van der Waals surface area (Å²) >= 11 is 1.68. The van der Waals surface area contributed by atoms with E-state index in [1.54, 1.807) is 11.3 Å². The molecule has 0 aliphatic heterocycles. The second-order valence-electron chi connectivity index (χ2n) is 8.98. The van der Waals surface area contributed by atoms with Crippen LogP contribution in [0.3, 0.4) is 0 Å². The Morgan fingerprint density at radius 3 is 2.40 bits per heavy atom. The third-order valence-corrected chi connectivity index (χ3v) is 7.02. The number of fused-ring (bicyclic) bond motifs is 1. The molecular weight excluding hydrogens is 388 g/mol. The van der Waals surface area contributed by atoms with Gasteiger partial charge in [0.05, 0.1) is 5.56 Å². The van der Waals surface area contributed by atoms with Crippen molar-refractivity contribution >= 4 is 34.1 Å². The van der Waals surface area contributed by atoms with Crippen LogP contribution < -0.4 is 5.32 Å². The highest BCUT2D eigenvalue weighted by Crippen LogP contribution is 2.45. The molecule has 154 valence electrons. The fourth-order valence-corrected chi connectivity index (χ4v) is 5.29. The van der Waals surface area contributed by atoms with E-state index in [1.165, 1.54) is 10.4 Å². The summed E-state index contributed by atoms with van der Waals surface area (Å²) in [5.41, 5.74) is 4.05. The maximum absolute atomic E-state index is 13.3. The number of nitrogens with zero attached hydrogens (tertiary/aromatic N) is 1. The van der Waals surface area contributed by atoms with Gasteiger partial charge in [0.25, 0.3) is 5.91 Å².